The molecule has 0 N–H and O–H groups in total. The summed E-state index contributed by atoms with van der Waals surface area (Å²) in [5, 5.41) is 0.816. The molecule has 0 aliphatic carbocycles. The zero-order valence-corrected chi connectivity index (χ0v) is 12.7. The minimum atomic E-state index is 0. The molecule has 1 aromatic rings. The molecule has 2 aliphatic rings. The van der Waals surface area contributed by atoms with Crippen LogP contribution in [0.2, 0.25) is 5.02 Å². The molecule has 0 aromatic heterocycles. The van der Waals surface area contributed by atoms with E-state index in [9.17, 15) is 0 Å². The van der Waals surface area contributed by atoms with Crippen molar-refractivity contribution in [2.24, 2.45) is 0 Å². The lowest BCUT2D eigenvalue weighted by atomic mass is 10.1. The summed E-state index contributed by atoms with van der Waals surface area (Å²) >= 11 is 5.90. The van der Waals surface area contributed by atoms with Crippen molar-refractivity contribution in [1.29, 1.82) is 0 Å². The summed E-state index contributed by atoms with van der Waals surface area (Å²) in [6.45, 7) is 3.36. The molecule has 0 amide bonds. The fourth-order valence-corrected chi connectivity index (χ4v) is 2.94. The van der Waals surface area contributed by atoms with E-state index >= 15 is 0 Å². The van der Waals surface area contributed by atoms with E-state index in [0.29, 0.717) is 6.04 Å². The first-order chi connectivity index (χ1) is 8.31. The highest BCUT2D eigenvalue weighted by Crippen LogP contribution is 2.19. The zero-order valence-electron chi connectivity index (χ0n) is 10.4. The van der Waals surface area contributed by atoms with Gasteiger partial charge in [-0.05, 0) is 25.0 Å². The molecular weight excluding hydrogens is 312 g/mol. The average Bonchev–Trinajstić information content (AvgIpc) is 2.74. The molecule has 4 heteroatoms. The summed E-state index contributed by atoms with van der Waals surface area (Å²) in [4.78, 5) is 2.58. The Bertz CT molecular complexity index is 430. The maximum atomic E-state index is 5.90. The number of rotatable bonds is 2. The van der Waals surface area contributed by atoms with Gasteiger partial charge in [-0.3, -0.25) is 0 Å². The van der Waals surface area contributed by atoms with Crippen LogP contribution in [-0.4, -0.2) is 34.9 Å². The van der Waals surface area contributed by atoms with Gasteiger partial charge in [0, 0.05) is 17.1 Å². The number of hydrogen-bond donors (Lipinski definition) is 0. The fraction of sp³-hybridized carbons (Fsp3) is 0.500. The molecule has 2 nitrogen and oxygen atoms in total. The lowest BCUT2D eigenvalue weighted by Crippen LogP contribution is -3.00. The number of halogens is 2. The van der Waals surface area contributed by atoms with E-state index in [1.807, 2.05) is 12.1 Å². The van der Waals surface area contributed by atoms with E-state index in [0.717, 1.165) is 18.2 Å². The molecule has 1 atom stereocenters. The van der Waals surface area contributed by atoms with Gasteiger partial charge in [-0.25, -0.2) is 9.48 Å². The van der Waals surface area contributed by atoms with Crippen molar-refractivity contribution < 1.29 is 21.6 Å². The van der Waals surface area contributed by atoms with Gasteiger partial charge in [-0.2, -0.15) is 0 Å². The van der Waals surface area contributed by atoms with Crippen LogP contribution in [0.1, 0.15) is 24.8 Å². The largest absolute Gasteiger partial charge is 1.00 e. The molecule has 18 heavy (non-hydrogen) atoms. The first-order valence-corrected chi connectivity index (χ1v) is 6.76. The van der Waals surface area contributed by atoms with Crippen LogP contribution in [0.3, 0.4) is 0 Å². The van der Waals surface area contributed by atoms with E-state index in [-0.39, 0.29) is 17.0 Å². The monoisotopic (exact) mass is 328 g/mol. The van der Waals surface area contributed by atoms with E-state index < -0.39 is 0 Å². The summed E-state index contributed by atoms with van der Waals surface area (Å²) in [5.74, 6) is 0. The van der Waals surface area contributed by atoms with Crippen molar-refractivity contribution in [3.8, 4) is 0 Å². The van der Waals surface area contributed by atoms with Crippen LogP contribution < -0.4 is 17.0 Å². The minimum Gasteiger partial charge on any atom is -1.00 e. The van der Waals surface area contributed by atoms with Crippen LogP contribution >= 0.6 is 11.6 Å². The van der Waals surface area contributed by atoms with Gasteiger partial charge in [0.05, 0.1) is 6.04 Å². The predicted octanol–water partition coefficient (Wildman–Crippen LogP) is -0.247. The van der Waals surface area contributed by atoms with Crippen molar-refractivity contribution in [1.82, 2.24) is 4.90 Å². The van der Waals surface area contributed by atoms with Crippen molar-refractivity contribution in [2.75, 3.05) is 13.2 Å². The predicted molar refractivity (Wildman–Crippen MR) is 70.7 cm³/mol. The minimum absolute atomic E-state index is 0. The quantitative estimate of drug-likeness (QED) is 0.679. The molecule has 2 heterocycles. The Hall–Kier alpha value is -0.380. The molecule has 0 spiro atoms. The van der Waals surface area contributed by atoms with Gasteiger partial charge in [0.1, 0.15) is 0 Å². The van der Waals surface area contributed by atoms with Crippen LogP contribution in [0.4, 0.5) is 0 Å². The lowest BCUT2D eigenvalue weighted by molar-refractivity contribution is -0.547. The summed E-state index contributed by atoms with van der Waals surface area (Å²) in [6, 6.07) is 8.87. The molecule has 1 saturated heterocycles. The van der Waals surface area contributed by atoms with Gasteiger partial charge in [-0.1, -0.05) is 30.2 Å². The Morgan fingerprint density at radius 3 is 2.72 bits per heavy atom. The zero-order chi connectivity index (χ0) is 11.7. The van der Waals surface area contributed by atoms with Crippen molar-refractivity contribution in [3.05, 3.63) is 34.9 Å². The van der Waals surface area contributed by atoms with Gasteiger partial charge in [0.25, 0.3) is 0 Å². The Morgan fingerprint density at radius 1 is 1.22 bits per heavy atom. The van der Waals surface area contributed by atoms with Crippen LogP contribution in [0.5, 0.6) is 0 Å². The molecule has 0 radical (unpaired) electrons. The number of fused-ring (bicyclic) bond motifs is 1. The maximum Gasteiger partial charge on any atom is 0.199 e. The van der Waals surface area contributed by atoms with Gasteiger partial charge in [0.15, 0.2) is 19.4 Å². The lowest BCUT2D eigenvalue weighted by Gasteiger charge is -2.24. The number of nitrogens with zero attached hydrogens (tertiary/aromatic N) is 2. The van der Waals surface area contributed by atoms with Crippen LogP contribution in [0.15, 0.2) is 24.3 Å². The molecule has 1 fully saturated rings. The molecule has 1 aromatic carbocycles. The highest BCUT2D eigenvalue weighted by atomic mass is 79.9. The number of benzene rings is 1. The number of hydrogen-bond acceptors (Lipinski definition) is 1. The second-order valence-electron chi connectivity index (χ2n) is 5.04. The van der Waals surface area contributed by atoms with Crippen molar-refractivity contribution in [2.45, 2.75) is 31.8 Å². The summed E-state index contributed by atoms with van der Waals surface area (Å²) < 4.78 is 2.43. The first kappa shape index (κ1) is 14.0. The molecule has 2 aliphatic heterocycles. The van der Waals surface area contributed by atoms with Crippen molar-refractivity contribution in [3.63, 3.8) is 0 Å². The molecule has 0 saturated carbocycles. The number of piperidine rings is 1. The third-order valence-corrected chi connectivity index (χ3v) is 3.96. The summed E-state index contributed by atoms with van der Waals surface area (Å²) in [6.07, 6.45) is 6.48. The average molecular weight is 330 g/mol. The summed E-state index contributed by atoms with van der Waals surface area (Å²) in [5.41, 5.74) is 1.34. The normalized spacial score (nSPS) is 23.2. The first-order valence-electron chi connectivity index (χ1n) is 6.39. The summed E-state index contributed by atoms with van der Waals surface area (Å²) in [7, 11) is 0. The fourth-order valence-electron chi connectivity index (χ4n) is 2.81. The second-order valence-corrected chi connectivity index (χ2v) is 5.48. The molecule has 98 valence electrons. The van der Waals surface area contributed by atoms with E-state index in [4.69, 9.17) is 11.6 Å². The van der Waals surface area contributed by atoms with E-state index in [2.05, 4.69) is 27.8 Å². The third-order valence-electron chi connectivity index (χ3n) is 3.71. The highest BCUT2D eigenvalue weighted by Gasteiger charge is 2.32. The van der Waals surface area contributed by atoms with E-state index in [1.54, 1.807) is 0 Å². The molecule has 3 rings (SSSR count). The Morgan fingerprint density at radius 2 is 2.00 bits per heavy atom. The van der Waals surface area contributed by atoms with Crippen LogP contribution in [-0.2, 0) is 6.54 Å². The Labute approximate surface area is 124 Å². The van der Waals surface area contributed by atoms with E-state index in [1.165, 1.54) is 31.4 Å². The third kappa shape index (κ3) is 3.14. The van der Waals surface area contributed by atoms with Crippen LogP contribution in [0, 0.1) is 0 Å². The van der Waals surface area contributed by atoms with Gasteiger partial charge in [-0.15, -0.1) is 0 Å². The topological polar surface area (TPSA) is 6.25 Å². The Kier molecular flexibility index (Phi) is 4.82. The standard InChI is InChI=1S/C14H18ClN2.BrH/c15-13-6-4-12(5-7-13)9-16-10-14-3-1-2-8-17(14)11-16;/h4-7,10,14H,1-3,8-9,11H2;1H/q+1;/p-1. The van der Waals surface area contributed by atoms with Gasteiger partial charge >= 0.3 is 0 Å². The second kappa shape index (κ2) is 6.18. The van der Waals surface area contributed by atoms with Gasteiger partial charge < -0.3 is 17.0 Å². The molecular formula is C14H18BrClN2. The smallest absolute Gasteiger partial charge is 0.199 e. The Balaban J connectivity index is 0.00000120. The van der Waals surface area contributed by atoms with Crippen LogP contribution in [0.25, 0.3) is 0 Å². The maximum absolute atomic E-state index is 5.90. The molecule has 0 bridgehead atoms. The SMILES string of the molecule is Clc1ccc(C[N+]2=CC3CCCCN3C2)cc1.[Br-]. The molecule has 1 unspecified atom stereocenters. The highest BCUT2D eigenvalue weighted by molar-refractivity contribution is 6.30. The van der Waals surface area contributed by atoms with Gasteiger partial charge in [0.2, 0.25) is 0 Å². The van der Waals surface area contributed by atoms with Crippen molar-refractivity contribution >= 4 is 17.8 Å².